The number of allylic oxidation sites excluding steroid dienone is 4. The van der Waals surface area contributed by atoms with Gasteiger partial charge in [0.05, 0.1) is 50.1 Å². The fourth-order valence-electron chi connectivity index (χ4n) is 14.2. The third kappa shape index (κ3) is 10.2. The van der Waals surface area contributed by atoms with Crippen LogP contribution in [-0.4, -0.2) is 93.1 Å². The summed E-state index contributed by atoms with van der Waals surface area (Å²) in [6.45, 7) is 11.5. The van der Waals surface area contributed by atoms with E-state index in [4.69, 9.17) is 19.4 Å². The van der Waals surface area contributed by atoms with Crippen LogP contribution in [0.2, 0.25) is 0 Å². The van der Waals surface area contributed by atoms with E-state index in [1.54, 1.807) is 0 Å². The first-order chi connectivity index (χ1) is 37.3. The third-order valence-corrected chi connectivity index (χ3v) is 18.4. The van der Waals surface area contributed by atoms with E-state index in [1.165, 1.54) is 53.2 Å². The Kier molecular flexibility index (Phi) is 14.8. The Morgan fingerprint density at radius 3 is 1.66 bits per heavy atom. The minimum Gasteiger partial charge on any atom is -0.453 e. The van der Waals surface area contributed by atoms with Crippen molar-refractivity contribution in [3.05, 3.63) is 125 Å². The number of hydrogen-bond donors (Lipinski definition) is 4. The number of aromatic nitrogens is 4. The summed E-state index contributed by atoms with van der Waals surface area (Å²) in [6, 6.07) is 23.2. The fraction of sp³-hybridized carbons (Fsp3) is 0.492. The Morgan fingerprint density at radius 2 is 1.16 bits per heavy atom. The van der Waals surface area contributed by atoms with Crippen molar-refractivity contribution in [2.24, 2.45) is 41.4 Å². The zero-order valence-electron chi connectivity index (χ0n) is 45.8. The van der Waals surface area contributed by atoms with E-state index in [0.29, 0.717) is 48.6 Å². The summed E-state index contributed by atoms with van der Waals surface area (Å²) in [7, 11) is 2.65. The number of benzene rings is 3. The average Bonchev–Trinajstić information content (AvgIpc) is 4.41. The number of H-pyrrole nitrogens is 2. The average molecular weight is 1040 g/mol. The Balaban J connectivity index is 0.788. The molecule has 4 unspecified atom stereocenters. The maximum atomic E-state index is 14.2. The highest BCUT2D eigenvalue weighted by molar-refractivity contribution is 5.87. The summed E-state index contributed by atoms with van der Waals surface area (Å²) >= 11 is 0. The van der Waals surface area contributed by atoms with Crippen molar-refractivity contribution in [3.63, 3.8) is 0 Å². The van der Waals surface area contributed by atoms with Crippen molar-refractivity contribution in [1.82, 2.24) is 40.4 Å². The summed E-state index contributed by atoms with van der Waals surface area (Å²) < 4.78 is 9.78. The molecule has 4 N–H and O–H groups in total. The molecule has 2 saturated heterocycles. The van der Waals surface area contributed by atoms with Crippen LogP contribution in [0.4, 0.5) is 9.59 Å². The van der Waals surface area contributed by atoms with Gasteiger partial charge in [-0.25, -0.2) is 19.6 Å². The van der Waals surface area contributed by atoms with Gasteiger partial charge in [-0.3, -0.25) is 9.59 Å². The Hall–Kier alpha value is -6.96. The summed E-state index contributed by atoms with van der Waals surface area (Å²) in [6.07, 6.45) is 18.0. The number of nitrogens with zero attached hydrogens (tertiary/aromatic N) is 4. The molecule has 4 amide bonds. The number of likely N-dealkylation sites (tertiary alicyclic amines) is 2. The van der Waals surface area contributed by atoms with Gasteiger partial charge in [0.1, 0.15) is 23.7 Å². The number of aromatic amines is 2. The molecule has 9 aliphatic rings. The molecule has 2 aromatic heterocycles. The number of methoxy groups -OCH3 is 2. The maximum Gasteiger partial charge on any atom is 0.407 e. The van der Waals surface area contributed by atoms with Gasteiger partial charge >= 0.3 is 12.2 Å². The number of hydrogen-bond acceptors (Lipinski definition) is 8. The number of fused-ring (bicyclic) bond motifs is 2. The first-order valence-corrected chi connectivity index (χ1v) is 28.4. The van der Waals surface area contributed by atoms with Crippen LogP contribution in [0.1, 0.15) is 139 Å². The number of nitrogens with one attached hydrogen (secondary N) is 4. The van der Waals surface area contributed by atoms with Crippen LogP contribution in [0.3, 0.4) is 0 Å². The number of aryl methyl sites for hydroxylation is 1. The summed E-state index contributed by atoms with van der Waals surface area (Å²) in [5.74, 6) is 3.42. The molecule has 0 spiro atoms. The van der Waals surface area contributed by atoms with Crippen LogP contribution in [-0.2, 0) is 25.5 Å². The van der Waals surface area contributed by atoms with Gasteiger partial charge < -0.3 is 39.9 Å². The number of carbonyl (C=O) groups is 4. The number of ether oxygens (including phenoxy) is 2. The highest BCUT2D eigenvalue weighted by atomic mass is 16.5. The number of imidazole rings is 2. The number of rotatable bonds is 12. The van der Waals surface area contributed by atoms with Crippen molar-refractivity contribution in [1.29, 1.82) is 0 Å². The molecule has 7 aliphatic carbocycles. The predicted octanol–water partition coefficient (Wildman–Crippen LogP) is 12.0. The highest BCUT2D eigenvalue weighted by Gasteiger charge is 2.51. The largest absolute Gasteiger partial charge is 0.453 e. The zero-order valence-corrected chi connectivity index (χ0v) is 45.8. The number of carbonyl (C=O) groups excluding carboxylic acids is 4. The minimum atomic E-state index is -0.684. The van der Waals surface area contributed by atoms with Crippen molar-refractivity contribution in [2.45, 2.75) is 129 Å². The van der Waals surface area contributed by atoms with E-state index in [-0.39, 0.29) is 35.7 Å². The van der Waals surface area contributed by atoms with Crippen LogP contribution in [0.15, 0.2) is 96.8 Å². The highest BCUT2D eigenvalue weighted by Crippen LogP contribution is 2.51. The van der Waals surface area contributed by atoms with E-state index in [0.717, 1.165) is 98.4 Å². The van der Waals surface area contributed by atoms with E-state index in [1.807, 2.05) is 49.9 Å². The second-order valence-electron chi connectivity index (χ2n) is 23.7. The molecule has 2 saturated carbocycles. The molecule has 77 heavy (non-hydrogen) atoms. The predicted molar refractivity (Wildman–Crippen MR) is 298 cm³/mol. The molecule has 4 fully saturated rings. The van der Waals surface area contributed by atoms with E-state index in [9.17, 15) is 19.2 Å². The molecule has 404 valence electrons. The standard InChI is InChI=1S/C63H76N8O6/c1-35(2)54(68-62(74)76-6)60(72)70-33-46-10-8-12-48(46)56(70)58-64-31-52(66-58)42-23-18-40(19-24-42)50-29-38-14-16-39-22-27-44(37(5)28-45(50)17-15-38)30-51(39)41-20-25-43(26-21-41)53-32-65-59(67-53)57-49-13-9-11-47(49)34-71(57)61(73)55(36(3)4)69-63(75)77-7/h15,18-27,29-32,35-37,45-49,54-57H,8-14,16-17,28,33-34H2,1-7H3,(H,64,66)(H,65,67)(H,68,74)(H,69,75)/t37-,45-,46?,47?,48?,49?,54+,55+,56+,57+/m1/s1. The second-order valence-corrected chi connectivity index (χ2v) is 23.7. The van der Waals surface area contributed by atoms with Crippen molar-refractivity contribution < 1.29 is 28.7 Å². The molecule has 14 heteroatoms. The molecule has 0 radical (unpaired) electrons. The lowest BCUT2D eigenvalue weighted by atomic mass is 9.76. The van der Waals surface area contributed by atoms with Crippen LogP contribution >= 0.6 is 0 Å². The summed E-state index contributed by atoms with van der Waals surface area (Å²) in [5, 5.41) is 5.60. The normalized spacial score (nSPS) is 25.4. The van der Waals surface area contributed by atoms with Crippen LogP contribution < -0.4 is 10.6 Å². The van der Waals surface area contributed by atoms with Gasteiger partial charge in [0, 0.05) is 13.1 Å². The topological polar surface area (TPSA) is 175 Å². The lowest BCUT2D eigenvalue weighted by Crippen LogP contribution is -2.51. The Labute approximate surface area is 453 Å². The molecule has 2 aliphatic heterocycles. The molecule has 3 aromatic carbocycles. The monoisotopic (exact) mass is 1040 g/mol. The van der Waals surface area contributed by atoms with E-state index < -0.39 is 24.3 Å². The molecule has 4 heterocycles. The first-order valence-electron chi connectivity index (χ1n) is 28.4. The molecule has 14 nitrogen and oxygen atoms in total. The smallest absolute Gasteiger partial charge is 0.407 e. The Morgan fingerprint density at radius 1 is 0.649 bits per heavy atom. The molecular weight excluding hydrogens is 965 g/mol. The molecular formula is C63H76N8O6. The first kappa shape index (κ1) is 52.1. The fourth-order valence-corrected chi connectivity index (χ4v) is 14.2. The van der Waals surface area contributed by atoms with Crippen LogP contribution in [0, 0.1) is 41.4 Å². The molecule has 4 bridgehead atoms. The van der Waals surface area contributed by atoms with Crippen molar-refractivity contribution in [2.75, 3.05) is 27.3 Å². The number of amides is 4. The van der Waals surface area contributed by atoms with Gasteiger partial charge in [0.2, 0.25) is 11.8 Å². The zero-order chi connectivity index (χ0) is 53.6. The lowest BCUT2D eigenvalue weighted by molar-refractivity contribution is -0.136. The molecule has 5 aromatic rings. The summed E-state index contributed by atoms with van der Waals surface area (Å²) in [4.78, 5) is 74.0. The second kappa shape index (κ2) is 21.8. The van der Waals surface area contributed by atoms with Crippen molar-refractivity contribution in [3.8, 4) is 33.6 Å². The Bertz CT molecular complexity index is 3060. The molecule has 10 atom stereocenters. The van der Waals surface area contributed by atoms with Crippen LogP contribution in [0.5, 0.6) is 0 Å². The van der Waals surface area contributed by atoms with E-state index in [2.05, 4.69) is 106 Å². The maximum absolute atomic E-state index is 14.2. The minimum absolute atomic E-state index is 0.0825. The van der Waals surface area contributed by atoms with Crippen molar-refractivity contribution >= 4 is 29.6 Å². The van der Waals surface area contributed by atoms with Gasteiger partial charge in [0.15, 0.2) is 0 Å². The van der Waals surface area contributed by atoms with Gasteiger partial charge in [-0.05, 0) is 143 Å². The number of alkyl carbamates (subject to hydrolysis) is 2. The molecule has 14 rings (SSSR count). The SMILES string of the molecule is COC(=O)N[C@H](C(=O)N1CC2CCCC2[C@H]1c1ncc(-c2ccc(C3=CC4=CC[C@@H]3C[C@@H](C)c3ccc(c(-c5ccc(-c6cnc([C@@H]7C8CCCC8CN7C(=O)[C@@H](NC(=O)OC)C(C)C)[nH]6)cc5)c3)CC4)cc2)[nH]1)C(C)C. The van der Waals surface area contributed by atoms with Gasteiger partial charge in [-0.2, -0.15) is 0 Å². The van der Waals surface area contributed by atoms with Gasteiger partial charge in [-0.1, -0.05) is 132 Å². The third-order valence-electron chi connectivity index (χ3n) is 18.4. The lowest BCUT2D eigenvalue weighted by Gasteiger charge is -2.31. The van der Waals surface area contributed by atoms with Gasteiger partial charge in [0.25, 0.3) is 0 Å². The summed E-state index contributed by atoms with van der Waals surface area (Å²) in [5.41, 5.74) is 13.1. The van der Waals surface area contributed by atoms with E-state index >= 15 is 0 Å². The van der Waals surface area contributed by atoms with Crippen LogP contribution in [0.25, 0.3) is 39.2 Å². The van der Waals surface area contributed by atoms with Gasteiger partial charge in [-0.15, -0.1) is 0 Å². The quantitative estimate of drug-likeness (QED) is 0.0955.